The largest absolute Gasteiger partial charge is 0.387 e. The van der Waals surface area contributed by atoms with Crippen molar-refractivity contribution < 1.29 is 34.3 Å². The minimum atomic E-state index is -1.65. The lowest BCUT2D eigenvalue weighted by molar-refractivity contribution is -0.240. The number of carbonyl (C=O) groups is 1. The van der Waals surface area contributed by atoms with E-state index in [-0.39, 0.29) is 6.61 Å². The van der Waals surface area contributed by atoms with Gasteiger partial charge in [-0.15, -0.1) is 0 Å². The van der Waals surface area contributed by atoms with Crippen molar-refractivity contribution in [3.05, 3.63) is 0 Å². The van der Waals surface area contributed by atoms with Crippen LogP contribution in [0.1, 0.15) is 20.8 Å². The molecule has 3 N–H and O–H groups in total. The topological polar surface area (TPSA) is 109 Å². The van der Waals surface area contributed by atoms with Gasteiger partial charge in [0.2, 0.25) is 0 Å². The number of aliphatic hydroxyl groups excluding tert-OH is 3. The van der Waals surface area contributed by atoms with E-state index in [2.05, 4.69) is 0 Å². The van der Waals surface area contributed by atoms with Crippen molar-refractivity contribution >= 4 is 5.91 Å². The number of ether oxygens (including phenoxy) is 3. The molecule has 2 heterocycles. The van der Waals surface area contributed by atoms with Gasteiger partial charge in [0, 0.05) is 13.1 Å². The first-order chi connectivity index (χ1) is 10.4. The van der Waals surface area contributed by atoms with E-state index in [1.54, 1.807) is 20.8 Å². The maximum absolute atomic E-state index is 12.1. The van der Waals surface area contributed by atoms with E-state index >= 15 is 0 Å². The number of aliphatic hydroxyl groups is 3. The summed E-state index contributed by atoms with van der Waals surface area (Å²) in [5, 5.41) is 30.6. The molecule has 0 aromatic rings. The predicted octanol–water partition coefficient (Wildman–Crippen LogP) is -1.53. The zero-order chi connectivity index (χ0) is 16.4. The highest BCUT2D eigenvalue weighted by Gasteiger charge is 2.52. The molecule has 0 saturated carbocycles. The zero-order valence-corrected chi connectivity index (χ0v) is 13.1. The quantitative estimate of drug-likeness (QED) is 0.564. The van der Waals surface area contributed by atoms with Gasteiger partial charge in [-0.2, -0.15) is 0 Å². The number of amides is 1. The lowest BCUT2D eigenvalue weighted by Crippen LogP contribution is -2.52. The summed E-state index contributed by atoms with van der Waals surface area (Å²) in [5.74, 6) is -0.589. The SMILES string of the molecule is CCN(CC)C(=O)[C@@H](O)[C@@H](O)[C@@H]1O[C@@H]2CO[C@@H](C)O[C@H]2[C@@H]1O. The molecular formula is C14H25NO7. The third-order valence-electron chi connectivity index (χ3n) is 4.20. The molecule has 2 saturated heterocycles. The number of likely N-dealkylation sites (N-methyl/N-ethyl adjacent to an activating group) is 1. The van der Waals surface area contributed by atoms with Gasteiger partial charge in [-0.3, -0.25) is 4.79 Å². The van der Waals surface area contributed by atoms with Gasteiger partial charge in [0.05, 0.1) is 6.61 Å². The second-order valence-corrected chi connectivity index (χ2v) is 5.58. The van der Waals surface area contributed by atoms with Crippen LogP contribution in [0.15, 0.2) is 0 Å². The van der Waals surface area contributed by atoms with Crippen molar-refractivity contribution in [3.8, 4) is 0 Å². The van der Waals surface area contributed by atoms with Crippen molar-refractivity contribution in [2.75, 3.05) is 19.7 Å². The first kappa shape index (κ1) is 17.6. The van der Waals surface area contributed by atoms with Crippen LogP contribution in [0.5, 0.6) is 0 Å². The number of rotatable bonds is 5. The lowest BCUT2D eigenvalue weighted by atomic mass is 9.99. The number of hydrogen-bond donors (Lipinski definition) is 3. The lowest BCUT2D eigenvalue weighted by Gasteiger charge is -2.30. The summed E-state index contributed by atoms with van der Waals surface area (Å²) in [6, 6.07) is 0. The van der Waals surface area contributed by atoms with Crippen LogP contribution < -0.4 is 0 Å². The third-order valence-corrected chi connectivity index (χ3v) is 4.20. The normalized spacial score (nSPS) is 37.5. The van der Waals surface area contributed by atoms with Crippen molar-refractivity contribution in [3.63, 3.8) is 0 Å². The molecule has 2 aliphatic heterocycles. The van der Waals surface area contributed by atoms with Crippen LogP contribution in [0.2, 0.25) is 0 Å². The summed E-state index contributed by atoms with van der Waals surface area (Å²) < 4.78 is 16.2. The summed E-state index contributed by atoms with van der Waals surface area (Å²) in [5.41, 5.74) is 0. The number of nitrogens with zero attached hydrogens (tertiary/aromatic N) is 1. The average Bonchev–Trinajstić information content (AvgIpc) is 2.83. The molecular weight excluding hydrogens is 294 g/mol. The average molecular weight is 319 g/mol. The van der Waals surface area contributed by atoms with Gasteiger partial charge in [-0.25, -0.2) is 0 Å². The summed E-state index contributed by atoms with van der Waals surface area (Å²) in [6.45, 7) is 6.34. The fourth-order valence-electron chi connectivity index (χ4n) is 2.89. The molecule has 2 fully saturated rings. The standard InChI is InChI=1S/C14H25NO7/c1-4-15(5-2)14(19)10(17)9(16)13-11(18)12-8(22-13)6-20-7(3)21-12/h7-13,16-18H,4-6H2,1-3H3/t7-,8-,9-,10+,11+,12-,13+/m1/s1. The van der Waals surface area contributed by atoms with E-state index in [9.17, 15) is 20.1 Å². The molecule has 1 amide bonds. The Bertz CT molecular complexity index is 389. The van der Waals surface area contributed by atoms with E-state index < -0.39 is 48.8 Å². The highest BCUT2D eigenvalue weighted by molar-refractivity contribution is 5.81. The van der Waals surface area contributed by atoms with Gasteiger partial charge >= 0.3 is 0 Å². The van der Waals surface area contributed by atoms with Crippen LogP contribution in [-0.4, -0.2) is 88.7 Å². The fourth-order valence-corrected chi connectivity index (χ4v) is 2.89. The van der Waals surface area contributed by atoms with Gasteiger partial charge < -0.3 is 34.4 Å². The Balaban J connectivity index is 2.03. The molecule has 8 nitrogen and oxygen atoms in total. The molecule has 2 rings (SSSR count). The van der Waals surface area contributed by atoms with Gasteiger partial charge in [0.1, 0.15) is 30.5 Å². The van der Waals surface area contributed by atoms with Crippen LogP contribution in [0.4, 0.5) is 0 Å². The van der Waals surface area contributed by atoms with Gasteiger partial charge in [0.15, 0.2) is 12.4 Å². The van der Waals surface area contributed by atoms with E-state index in [0.29, 0.717) is 13.1 Å². The second-order valence-electron chi connectivity index (χ2n) is 5.58. The maximum Gasteiger partial charge on any atom is 0.254 e. The van der Waals surface area contributed by atoms with E-state index in [1.165, 1.54) is 4.90 Å². The van der Waals surface area contributed by atoms with E-state index in [0.717, 1.165) is 0 Å². The second kappa shape index (κ2) is 7.20. The van der Waals surface area contributed by atoms with Crippen molar-refractivity contribution in [2.45, 2.75) is 63.7 Å². The van der Waals surface area contributed by atoms with Crippen molar-refractivity contribution in [1.29, 1.82) is 0 Å². The summed E-state index contributed by atoms with van der Waals surface area (Å²) in [7, 11) is 0. The highest BCUT2D eigenvalue weighted by Crippen LogP contribution is 2.31. The van der Waals surface area contributed by atoms with Crippen molar-refractivity contribution in [2.24, 2.45) is 0 Å². The van der Waals surface area contributed by atoms with E-state index in [4.69, 9.17) is 14.2 Å². The molecule has 7 atom stereocenters. The Morgan fingerprint density at radius 1 is 1.27 bits per heavy atom. The minimum absolute atomic E-state index is 0.228. The number of hydrogen-bond acceptors (Lipinski definition) is 7. The molecule has 0 aromatic heterocycles. The van der Waals surface area contributed by atoms with Crippen LogP contribution in [0.3, 0.4) is 0 Å². The molecule has 0 aromatic carbocycles. The minimum Gasteiger partial charge on any atom is -0.387 e. The van der Waals surface area contributed by atoms with Gasteiger partial charge in [-0.05, 0) is 20.8 Å². The van der Waals surface area contributed by atoms with E-state index in [1.807, 2.05) is 0 Å². The summed E-state index contributed by atoms with van der Waals surface area (Å²) in [4.78, 5) is 13.5. The van der Waals surface area contributed by atoms with Crippen LogP contribution in [-0.2, 0) is 19.0 Å². The molecule has 0 spiro atoms. The first-order valence-electron chi connectivity index (χ1n) is 7.66. The molecule has 0 unspecified atom stereocenters. The molecule has 0 radical (unpaired) electrons. The number of carbonyl (C=O) groups excluding carboxylic acids is 1. The summed E-state index contributed by atoms with van der Waals surface area (Å²) >= 11 is 0. The van der Waals surface area contributed by atoms with Crippen LogP contribution in [0, 0.1) is 0 Å². The maximum atomic E-state index is 12.1. The molecule has 8 heteroatoms. The van der Waals surface area contributed by atoms with Gasteiger partial charge in [0.25, 0.3) is 5.91 Å². The Kier molecular flexibility index (Phi) is 5.76. The zero-order valence-electron chi connectivity index (χ0n) is 13.1. The molecule has 0 aliphatic carbocycles. The molecule has 22 heavy (non-hydrogen) atoms. The van der Waals surface area contributed by atoms with Crippen LogP contribution >= 0.6 is 0 Å². The Morgan fingerprint density at radius 2 is 1.91 bits per heavy atom. The Hall–Kier alpha value is -0.770. The number of fused-ring (bicyclic) bond motifs is 1. The Labute approximate surface area is 129 Å². The predicted molar refractivity (Wildman–Crippen MR) is 74.9 cm³/mol. The molecule has 2 aliphatic rings. The fraction of sp³-hybridized carbons (Fsp3) is 0.929. The third kappa shape index (κ3) is 3.27. The molecule has 0 bridgehead atoms. The monoisotopic (exact) mass is 319 g/mol. The highest BCUT2D eigenvalue weighted by atomic mass is 16.7. The van der Waals surface area contributed by atoms with Crippen LogP contribution in [0.25, 0.3) is 0 Å². The summed E-state index contributed by atoms with van der Waals surface area (Å²) in [6.07, 6.45) is -7.06. The smallest absolute Gasteiger partial charge is 0.254 e. The first-order valence-corrected chi connectivity index (χ1v) is 7.66. The Morgan fingerprint density at radius 3 is 2.50 bits per heavy atom. The van der Waals surface area contributed by atoms with Gasteiger partial charge in [-0.1, -0.05) is 0 Å². The van der Waals surface area contributed by atoms with Crippen molar-refractivity contribution in [1.82, 2.24) is 4.90 Å². The molecule has 128 valence electrons.